The number of rotatable bonds is 1. The number of nitrogens with zero attached hydrogens (tertiary/aromatic N) is 1. The van der Waals surface area contributed by atoms with Crippen LogP contribution < -0.4 is 5.73 Å². The first kappa shape index (κ1) is 18.8. The molecule has 0 aliphatic rings. The van der Waals surface area contributed by atoms with Gasteiger partial charge in [-0.2, -0.15) is 0 Å². The Labute approximate surface area is 147 Å². The highest BCUT2D eigenvalue weighted by atomic mass is 35.5. The normalized spacial score (nSPS) is 9.91. The largest absolute Gasteiger partial charge is 0.398 e. The molecule has 0 aliphatic heterocycles. The fourth-order valence-corrected chi connectivity index (χ4v) is 2.26. The number of hydrogen-bond acceptors (Lipinski definition) is 3. The third-order valence-corrected chi connectivity index (χ3v) is 4.19. The van der Waals surface area contributed by atoms with Crippen LogP contribution >= 0.6 is 46.4 Å². The lowest BCUT2D eigenvalue weighted by atomic mass is 10.2. The monoisotopic (exact) mass is 380 g/mol. The number of nitrogen functional groups attached to an aromatic ring is 1. The molecule has 2 aromatic rings. The van der Waals surface area contributed by atoms with Crippen molar-refractivity contribution in [1.29, 1.82) is 0 Å². The van der Waals surface area contributed by atoms with Gasteiger partial charge < -0.3 is 5.73 Å². The van der Waals surface area contributed by atoms with Gasteiger partial charge >= 0.3 is 0 Å². The second-order valence-corrected chi connectivity index (χ2v) is 6.06. The van der Waals surface area contributed by atoms with E-state index in [9.17, 15) is 10.1 Å². The average molecular weight is 382 g/mol. The SMILES string of the molecule is Cc1cc(Cl)c(Cl)cc1N.Cc1cc(Cl)c(Cl)cc1[N+](=O)[O-]. The Balaban J connectivity index is 0.000000224. The zero-order chi connectivity index (χ0) is 17.0. The zero-order valence-corrected chi connectivity index (χ0v) is 14.7. The molecule has 0 saturated heterocycles. The summed E-state index contributed by atoms with van der Waals surface area (Å²) < 4.78 is 0. The van der Waals surface area contributed by atoms with Crippen LogP contribution in [0.25, 0.3) is 0 Å². The quantitative estimate of drug-likeness (QED) is 0.368. The molecule has 0 spiro atoms. The molecule has 2 rings (SSSR count). The van der Waals surface area contributed by atoms with Crippen molar-refractivity contribution in [1.82, 2.24) is 0 Å². The smallest absolute Gasteiger partial charge is 0.273 e. The minimum atomic E-state index is -0.489. The Kier molecular flexibility index (Phi) is 6.75. The van der Waals surface area contributed by atoms with Crippen LogP contribution in [0.3, 0.4) is 0 Å². The van der Waals surface area contributed by atoms with Crippen molar-refractivity contribution >= 4 is 57.8 Å². The molecular weight excluding hydrogens is 370 g/mol. The summed E-state index contributed by atoms with van der Waals surface area (Å²) in [5, 5.41) is 12.0. The third-order valence-electron chi connectivity index (χ3n) is 2.74. The summed E-state index contributed by atoms with van der Waals surface area (Å²) in [4.78, 5) is 9.90. The number of hydrogen-bond donors (Lipinski definition) is 1. The molecule has 118 valence electrons. The minimum absolute atomic E-state index is 0.00981. The maximum atomic E-state index is 10.4. The first-order valence-electron chi connectivity index (χ1n) is 5.94. The lowest BCUT2D eigenvalue weighted by Gasteiger charge is -2.00. The van der Waals surface area contributed by atoms with Crippen LogP contribution in [0.2, 0.25) is 20.1 Å². The van der Waals surface area contributed by atoms with Gasteiger partial charge in [0.05, 0.1) is 25.0 Å². The molecule has 0 unspecified atom stereocenters. The van der Waals surface area contributed by atoms with E-state index in [1.54, 1.807) is 19.1 Å². The topological polar surface area (TPSA) is 69.2 Å². The summed E-state index contributed by atoms with van der Waals surface area (Å²) in [5.41, 5.74) is 7.67. The van der Waals surface area contributed by atoms with Crippen molar-refractivity contribution in [2.24, 2.45) is 0 Å². The third kappa shape index (κ3) is 4.92. The van der Waals surface area contributed by atoms with E-state index in [0.717, 1.165) is 5.56 Å². The summed E-state index contributed by atoms with van der Waals surface area (Å²) >= 11 is 22.6. The van der Waals surface area contributed by atoms with Crippen LogP contribution in [0, 0.1) is 24.0 Å². The van der Waals surface area contributed by atoms with E-state index in [4.69, 9.17) is 52.1 Å². The van der Waals surface area contributed by atoms with E-state index < -0.39 is 4.92 Å². The van der Waals surface area contributed by atoms with Crippen LogP contribution in [-0.2, 0) is 0 Å². The number of benzene rings is 2. The van der Waals surface area contributed by atoms with Crippen molar-refractivity contribution in [3.63, 3.8) is 0 Å². The Morgan fingerprint density at radius 2 is 1.27 bits per heavy atom. The highest BCUT2D eigenvalue weighted by Gasteiger charge is 2.12. The standard InChI is InChI=1S/C7H5Cl2NO2.C7H7Cl2N/c1-4-2-5(8)6(9)3-7(4)10(11)12;1-4-2-5(8)6(9)3-7(4)10/h2-3H,1H3;2-3H,10H2,1H3. The second kappa shape index (κ2) is 7.88. The molecule has 0 saturated carbocycles. The predicted molar refractivity (Wildman–Crippen MR) is 93.5 cm³/mol. The summed E-state index contributed by atoms with van der Waals surface area (Å²) in [5.74, 6) is 0. The first-order valence-corrected chi connectivity index (χ1v) is 7.45. The van der Waals surface area contributed by atoms with Crippen molar-refractivity contribution < 1.29 is 4.92 Å². The lowest BCUT2D eigenvalue weighted by Crippen LogP contribution is -1.91. The maximum Gasteiger partial charge on any atom is 0.273 e. The molecule has 0 amide bonds. The molecular formula is C14H12Cl4N2O2. The van der Waals surface area contributed by atoms with Gasteiger partial charge in [0, 0.05) is 17.3 Å². The molecule has 0 atom stereocenters. The summed E-state index contributed by atoms with van der Waals surface area (Å²) in [7, 11) is 0. The number of nitro groups is 1. The molecule has 0 radical (unpaired) electrons. The summed E-state index contributed by atoms with van der Waals surface area (Å²) in [6.45, 7) is 3.50. The van der Waals surface area contributed by atoms with Gasteiger partial charge in [0.1, 0.15) is 0 Å². The number of aryl methyl sites for hydroxylation is 2. The van der Waals surface area contributed by atoms with Crippen molar-refractivity contribution in [3.8, 4) is 0 Å². The van der Waals surface area contributed by atoms with E-state index in [1.807, 2.05) is 6.92 Å². The molecule has 0 aliphatic carbocycles. The van der Waals surface area contributed by atoms with E-state index in [0.29, 0.717) is 26.3 Å². The molecule has 2 N–H and O–H groups in total. The second-order valence-electron chi connectivity index (χ2n) is 4.43. The number of anilines is 1. The first-order chi connectivity index (χ1) is 10.1. The molecule has 0 aromatic heterocycles. The number of nitrogens with two attached hydrogens (primary N) is 1. The van der Waals surface area contributed by atoms with E-state index in [1.165, 1.54) is 12.1 Å². The molecule has 0 heterocycles. The molecule has 4 nitrogen and oxygen atoms in total. The molecule has 0 bridgehead atoms. The number of nitro benzene ring substituents is 1. The lowest BCUT2D eigenvalue weighted by molar-refractivity contribution is -0.385. The Hall–Kier alpha value is -1.20. The Bertz CT molecular complexity index is 670. The van der Waals surface area contributed by atoms with E-state index >= 15 is 0 Å². The van der Waals surface area contributed by atoms with Crippen molar-refractivity contribution in [3.05, 3.63) is 65.6 Å². The molecule has 2 aromatic carbocycles. The fraction of sp³-hybridized carbons (Fsp3) is 0.143. The number of halogens is 4. The average Bonchev–Trinajstić information content (AvgIpc) is 2.41. The summed E-state index contributed by atoms with van der Waals surface area (Å²) in [6, 6.07) is 6.12. The minimum Gasteiger partial charge on any atom is -0.398 e. The highest BCUT2D eigenvalue weighted by molar-refractivity contribution is 6.42. The van der Waals surface area contributed by atoms with Crippen molar-refractivity contribution in [2.45, 2.75) is 13.8 Å². The van der Waals surface area contributed by atoms with Gasteiger partial charge in [-0.3, -0.25) is 10.1 Å². The Morgan fingerprint density at radius 3 is 1.73 bits per heavy atom. The van der Waals surface area contributed by atoms with E-state index in [2.05, 4.69) is 0 Å². The van der Waals surface area contributed by atoms with Crippen LogP contribution in [0.15, 0.2) is 24.3 Å². The van der Waals surface area contributed by atoms with Crippen LogP contribution in [0.4, 0.5) is 11.4 Å². The van der Waals surface area contributed by atoms with Gasteiger partial charge in [-0.25, -0.2) is 0 Å². The van der Waals surface area contributed by atoms with Gasteiger partial charge in [0.2, 0.25) is 0 Å². The van der Waals surface area contributed by atoms with Crippen molar-refractivity contribution in [2.75, 3.05) is 5.73 Å². The van der Waals surface area contributed by atoms with Crippen LogP contribution in [0.1, 0.15) is 11.1 Å². The van der Waals surface area contributed by atoms with Gasteiger partial charge in [-0.05, 0) is 37.6 Å². The molecule has 22 heavy (non-hydrogen) atoms. The predicted octanol–water partition coefficient (Wildman–Crippen LogP) is 6.09. The van der Waals surface area contributed by atoms with Gasteiger partial charge in [-0.15, -0.1) is 0 Å². The van der Waals surface area contributed by atoms with Crippen LogP contribution in [-0.4, -0.2) is 4.92 Å². The Morgan fingerprint density at radius 1 is 0.864 bits per heavy atom. The summed E-state index contributed by atoms with van der Waals surface area (Å²) in [6.07, 6.45) is 0. The zero-order valence-electron chi connectivity index (χ0n) is 11.7. The van der Waals surface area contributed by atoms with Crippen LogP contribution in [0.5, 0.6) is 0 Å². The molecule has 8 heteroatoms. The van der Waals surface area contributed by atoms with Gasteiger partial charge in [0.15, 0.2) is 0 Å². The van der Waals surface area contributed by atoms with Gasteiger partial charge in [-0.1, -0.05) is 46.4 Å². The van der Waals surface area contributed by atoms with Gasteiger partial charge in [0.25, 0.3) is 5.69 Å². The van der Waals surface area contributed by atoms with E-state index in [-0.39, 0.29) is 10.7 Å². The fourth-order valence-electron chi connectivity index (χ4n) is 1.49. The highest BCUT2D eigenvalue weighted by Crippen LogP contribution is 2.29. The molecule has 0 fully saturated rings. The maximum absolute atomic E-state index is 10.4.